The number of carbonyl (C=O) groups excluding carboxylic acids is 1. The van der Waals surface area contributed by atoms with E-state index in [-0.39, 0.29) is 24.2 Å². The fourth-order valence-electron chi connectivity index (χ4n) is 4.70. The van der Waals surface area contributed by atoms with Gasteiger partial charge in [-0.1, -0.05) is 43.2 Å². The number of piperidine rings is 1. The second-order valence-electron chi connectivity index (χ2n) is 8.28. The molecular formula is C24H28ClN3OS. The Hall–Kier alpha value is -2.11. The summed E-state index contributed by atoms with van der Waals surface area (Å²) in [5.74, 6) is 0.429. The fourth-order valence-corrected chi connectivity index (χ4v) is 5.58. The zero-order valence-corrected chi connectivity index (χ0v) is 18.7. The predicted molar refractivity (Wildman–Crippen MR) is 128 cm³/mol. The van der Waals surface area contributed by atoms with Crippen molar-refractivity contribution in [3.63, 3.8) is 0 Å². The van der Waals surface area contributed by atoms with Crippen LogP contribution in [-0.4, -0.2) is 30.0 Å². The normalized spacial score (nSPS) is 17.8. The van der Waals surface area contributed by atoms with E-state index in [1.165, 1.54) is 23.2 Å². The maximum absolute atomic E-state index is 12.7. The molecule has 1 aliphatic carbocycles. The third-order valence-electron chi connectivity index (χ3n) is 6.37. The molecule has 4 nitrogen and oxygen atoms in total. The van der Waals surface area contributed by atoms with Crippen molar-refractivity contribution >= 4 is 45.6 Å². The molecule has 2 fully saturated rings. The lowest BCUT2D eigenvalue weighted by molar-refractivity contribution is -0.126. The minimum absolute atomic E-state index is 0. The number of nitrogens with zero attached hydrogens (tertiary/aromatic N) is 2. The van der Waals surface area contributed by atoms with Gasteiger partial charge in [-0.15, -0.1) is 23.7 Å². The highest BCUT2D eigenvalue weighted by atomic mass is 35.5. The Morgan fingerprint density at radius 1 is 1.03 bits per heavy atom. The summed E-state index contributed by atoms with van der Waals surface area (Å²) in [6.07, 6.45) is 6.67. The summed E-state index contributed by atoms with van der Waals surface area (Å²) in [4.78, 5) is 20.0. The lowest BCUT2D eigenvalue weighted by Gasteiger charge is -2.34. The van der Waals surface area contributed by atoms with Crippen LogP contribution >= 0.6 is 23.7 Å². The number of fused-ring (bicyclic) bond motifs is 1. The first-order valence-electron chi connectivity index (χ1n) is 10.8. The van der Waals surface area contributed by atoms with E-state index in [0.29, 0.717) is 6.04 Å². The zero-order chi connectivity index (χ0) is 19.6. The lowest BCUT2D eigenvalue weighted by Crippen LogP contribution is -2.43. The largest absolute Gasteiger partial charge is 0.370 e. The summed E-state index contributed by atoms with van der Waals surface area (Å²) in [5.41, 5.74) is 4.49. The van der Waals surface area contributed by atoms with Crippen molar-refractivity contribution in [1.82, 2.24) is 10.3 Å². The number of anilines is 1. The Balaban J connectivity index is 0.00000218. The second-order valence-corrected chi connectivity index (χ2v) is 9.20. The number of pyridine rings is 1. The van der Waals surface area contributed by atoms with Crippen LogP contribution in [0.2, 0.25) is 0 Å². The molecule has 1 saturated heterocycles. The van der Waals surface area contributed by atoms with Crippen LogP contribution < -0.4 is 10.2 Å². The van der Waals surface area contributed by atoms with E-state index in [9.17, 15) is 4.79 Å². The molecule has 0 bridgehead atoms. The highest BCUT2D eigenvalue weighted by Gasteiger charge is 2.28. The van der Waals surface area contributed by atoms with Gasteiger partial charge in [0.15, 0.2) is 0 Å². The SMILES string of the molecule is Cl.O=C(NC1CCCC1)C1CCN(c2cc(-c3ccccc3)nc3ccsc23)CC1. The van der Waals surface area contributed by atoms with Gasteiger partial charge in [-0.05, 0) is 43.2 Å². The molecule has 0 radical (unpaired) electrons. The first kappa shape index (κ1) is 21.1. The van der Waals surface area contributed by atoms with E-state index >= 15 is 0 Å². The Morgan fingerprint density at radius 2 is 1.77 bits per heavy atom. The summed E-state index contributed by atoms with van der Waals surface area (Å²) >= 11 is 1.76. The summed E-state index contributed by atoms with van der Waals surface area (Å²) in [5, 5.41) is 5.42. The molecule has 2 aromatic heterocycles. The molecule has 30 heavy (non-hydrogen) atoms. The Labute approximate surface area is 188 Å². The molecule has 0 unspecified atom stereocenters. The quantitative estimate of drug-likeness (QED) is 0.568. The molecule has 1 amide bonds. The average molecular weight is 442 g/mol. The van der Waals surface area contributed by atoms with E-state index in [4.69, 9.17) is 4.98 Å². The van der Waals surface area contributed by atoms with E-state index in [1.54, 1.807) is 11.3 Å². The number of halogens is 1. The lowest BCUT2D eigenvalue weighted by atomic mass is 9.95. The molecule has 1 aliphatic heterocycles. The van der Waals surface area contributed by atoms with Crippen LogP contribution in [0.3, 0.4) is 0 Å². The van der Waals surface area contributed by atoms with Crippen molar-refractivity contribution in [2.75, 3.05) is 18.0 Å². The number of carbonyl (C=O) groups is 1. The number of benzene rings is 1. The first-order chi connectivity index (χ1) is 14.3. The number of hydrogen-bond acceptors (Lipinski definition) is 4. The van der Waals surface area contributed by atoms with Crippen LogP contribution in [0.4, 0.5) is 5.69 Å². The summed E-state index contributed by atoms with van der Waals surface area (Å²) < 4.78 is 1.25. The Bertz CT molecular complexity index is 992. The molecular weight excluding hydrogens is 414 g/mol. The number of nitrogens with one attached hydrogen (secondary N) is 1. The van der Waals surface area contributed by atoms with Gasteiger partial charge in [-0.2, -0.15) is 0 Å². The number of thiophene rings is 1. The van der Waals surface area contributed by atoms with Crippen LogP contribution in [0, 0.1) is 5.92 Å². The van der Waals surface area contributed by atoms with Gasteiger partial charge in [0, 0.05) is 30.6 Å². The average Bonchev–Trinajstić information content (AvgIpc) is 3.45. The van der Waals surface area contributed by atoms with E-state index in [1.807, 2.05) is 6.07 Å². The van der Waals surface area contributed by atoms with Gasteiger partial charge in [0.05, 0.1) is 21.6 Å². The Kier molecular flexibility index (Phi) is 6.59. The van der Waals surface area contributed by atoms with Crippen molar-refractivity contribution in [3.05, 3.63) is 47.8 Å². The highest BCUT2D eigenvalue weighted by molar-refractivity contribution is 7.17. The van der Waals surface area contributed by atoms with Crippen LogP contribution in [0.1, 0.15) is 38.5 Å². The number of aromatic nitrogens is 1. The van der Waals surface area contributed by atoms with Gasteiger partial charge in [0.25, 0.3) is 0 Å². The predicted octanol–water partition coefficient (Wildman–Crippen LogP) is 5.66. The van der Waals surface area contributed by atoms with Gasteiger partial charge in [0.1, 0.15) is 0 Å². The molecule has 0 atom stereocenters. The van der Waals surface area contributed by atoms with Crippen LogP contribution in [0.25, 0.3) is 21.5 Å². The van der Waals surface area contributed by atoms with Gasteiger partial charge in [-0.3, -0.25) is 4.79 Å². The highest BCUT2D eigenvalue weighted by Crippen LogP contribution is 2.36. The zero-order valence-electron chi connectivity index (χ0n) is 17.0. The van der Waals surface area contributed by atoms with Crippen molar-refractivity contribution in [1.29, 1.82) is 0 Å². The fraction of sp³-hybridized carbons (Fsp3) is 0.417. The monoisotopic (exact) mass is 441 g/mol. The second kappa shape index (κ2) is 9.36. The summed E-state index contributed by atoms with van der Waals surface area (Å²) in [6.45, 7) is 1.85. The van der Waals surface area contributed by atoms with Crippen molar-refractivity contribution in [2.45, 2.75) is 44.6 Å². The van der Waals surface area contributed by atoms with Gasteiger partial charge in [0.2, 0.25) is 5.91 Å². The standard InChI is InChI=1S/C24H27N3OS.ClH/c28-24(25-19-8-4-5-9-19)18-10-13-27(14-11-18)22-16-21(17-6-2-1-3-7-17)26-20-12-15-29-23(20)22;/h1-3,6-7,12,15-16,18-19H,4-5,8-11,13-14H2,(H,25,28);1H. The van der Waals surface area contributed by atoms with Crippen molar-refractivity contribution < 1.29 is 4.79 Å². The molecule has 5 rings (SSSR count). The number of rotatable bonds is 4. The molecule has 3 aromatic rings. The smallest absolute Gasteiger partial charge is 0.223 e. The molecule has 1 saturated carbocycles. The minimum Gasteiger partial charge on any atom is -0.370 e. The molecule has 6 heteroatoms. The molecule has 0 spiro atoms. The van der Waals surface area contributed by atoms with E-state index in [2.05, 4.69) is 52.0 Å². The van der Waals surface area contributed by atoms with Crippen molar-refractivity contribution in [2.24, 2.45) is 5.92 Å². The number of hydrogen-bond donors (Lipinski definition) is 1. The van der Waals surface area contributed by atoms with Crippen LogP contribution in [0.5, 0.6) is 0 Å². The van der Waals surface area contributed by atoms with Crippen LogP contribution in [-0.2, 0) is 4.79 Å². The molecule has 1 aromatic carbocycles. The van der Waals surface area contributed by atoms with Gasteiger partial charge < -0.3 is 10.2 Å². The first-order valence-corrected chi connectivity index (χ1v) is 11.6. The van der Waals surface area contributed by atoms with Gasteiger partial charge >= 0.3 is 0 Å². The molecule has 1 N–H and O–H groups in total. The van der Waals surface area contributed by atoms with Crippen molar-refractivity contribution in [3.8, 4) is 11.3 Å². The third-order valence-corrected chi connectivity index (χ3v) is 7.30. The maximum Gasteiger partial charge on any atom is 0.223 e. The molecule has 3 heterocycles. The summed E-state index contributed by atoms with van der Waals surface area (Å²) in [6, 6.07) is 15.1. The van der Waals surface area contributed by atoms with E-state index in [0.717, 1.165) is 55.5 Å². The van der Waals surface area contributed by atoms with Crippen LogP contribution in [0.15, 0.2) is 47.8 Å². The minimum atomic E-state index is 0. The summed E-state index contributed by atoms with van der Waals surface area (Å²) in [7, 11) is 0. The number of amides is 1. The Morgan fingerprint density at radius 3 is 2.50 bits per heavy atom. The maximum atomic E-state index is 12.7. The third kappa shape index (κ3) is 4.33. The molecule has 2 aliphatic rings. The topological polar surface area (TPSA) is 45.2 Å². The van der Waals surface area contributed by atoms with Gasteiger partial charge in [-0.25, -0.2) is 4.98 Å². The van der Waals surface area contributed by atoms with E-state index < -0.39 is 0 Å². The molecule has 158 valence electrons.